The number of rotatable bonds is 5. The second-order valence-electron chi connectivity index (χ2n) is 6.98. The average molecular weight is 387 g/mol. The summed E-state index contributed by atoms with van der Waals surface area (Å²) in [5.41, 5.74) is 3.21. The highest BCUT2D eigenvalue weighted by Crippen LogP contribution is 2.13. The van der Waals surface area contributed by atoms with Crippen LogP contribution in [0, 0.1) is 6.92 Å². The van der Waals surface area contributed by atoms with E-state index in [9.17, 15) is 9.59 Å². The van der Waals surface area contributed by atoms with E-state index in [0.29, 0.717) is 17.6 Å². The lowest BCUT2D eigenvalue weighted by Gasteiger charge is -2.19. The van der Waals surface area contributed by atoms with Crippen LogP contribution in [0.5, 0.6) is 0 Å². The van der Waals surface area contributed by atoms with Crippen LogP contribution in [-0.2, 0) is 17.9 Å². The fourth-order valence-corrected chi connectivity index (χ4v) is 3.22. The number of aryl methyl sites for hydroxylation is 1. The molecule has 0 unspecified atom stereocenters. The minimum absolute atomic E-state index is 0.0688. The van der Waals surface area contributed by atoms with Crippen LogP contribution in [0.15, 0.2) is 71.9 Å². The van der Waals surface area contributed by atoms with E-state index < -0.39 is 0 Å². The molecule has 0 bridgehead atoms. The topological polar surface area (TPSA) is 73.0 Å². The molecule has 4 aromatic rings. The number of carbonyl (C=O) groups is 1. The Bertz CT molecular complexity index is 1230. The molecule has 0 aliphatic rings. The normalized spacial score (nSPS) is 11.0. The molecule has 2 heterocycles. The van der Waals surface area contributed by atoms with Gasteiger partial charge >= 0.3 is 0 Å². The van der Waals surface area contributed by atoms with Crippen LogP contribution in [0.1, 0.15) is 11.1 Å². The zero-order valence-electron chi connectivity index (χ0n) is 16.3. The molecule has 0 radical (unpaired) electrons. The smallest absolute Gasteiger partial charge is 0.264 e. The van der Waals surface area contributed by atoms with Crippen LogP contribution in [0.3, 0.4) is 0 Å². The summed E-state index contributed by atoms with van der Waals surface area (Å²) in [5, 5.41) is 4.67. The summed E-state index contributed by atoms with van der Waals surface area (Å²) in [6, 6.07) is 17.4. The van der Waals surface area contributed by atoms with E-state index in [-0.39, 0.29) is 18.0 Å². The molecule has 0 N–H and O–H groups in total. The predicted octanol–water partition coefficient (Wildman–Crippen LogP) is 2.55. The van der Waals surface area contributed by atoms with Crippen LogP contribution in [0.25, 0.3) is 16.7 Å². The van der Waals surface area contributed by atoms with E-state index >= 15 is 0 Å². The SMILES string of the molecule is Cc1ccccc1CN(C)C(=O)Cn1cnc2c(cnn2-c2ccccc2)c1=O. The number of carbonyl (C=O) groups excluding carboxylic acids is 1. The van der Waals surface area contributed by atoms with Crippen LogP contribution >= 0.6 is 0 Å². The first-order valence-electron chi connectivity index (χ1n) is 9.31. The number of hydrogen-bond acceptors (Lipinski definition) is 4. The number of likely N-dealkylation sites (N-methyl/N-ethyl adjacent to an activating group) is 1. The van der Waals surface area contributed by atoms with Crippen molar-refractivity contribution in [2.24, 2.45) is 0 Å². The number of fused-ring (bicyclic) bond motifs is 1. The molecule has 0 atom stereocenters. The predicted molar refractivity (Wildman–Crippen MR) is 111 cm³/mol. The van der Waals surface area contributed by atoms with Gasteiger partial charge in [0.2, 0.25) is 5.91 Å². The molecule has 4 rings (SSSR count). The molecule has 0 fully saturated rings. The molecule has 2 aromatic carbocycles. The zero-order valence-corrected chi connectivity index (χ0v) is 16.3. The van der Waals surface area contributed by atoms with Crippen molar-refractivity contribution in [1.82, 2.24) is 24.2 Å². The van der Waals surface area contributed by atoms with Crippen molar-refractivity contribution in [1.29, 1.82) is 0 Å². The molecule has 29 heavy (non-hydrogen) atoms. The van der Waals surface area contributed by atoms with Crippen LogP contribution in [0.4, 0.5) is 0 Å². The Morgan fingerprint density at radius 1 is 1.07 bits per heavy atom. The molecule has 0 saturated heterocycles. The fraction of sp³-hybridized carbons (Fsp3) is 0.182. The standard InChI is InChI=1S/C22H21N5O2/c1-16-8-6-7-9-17(16)13-25(2)20(28)14-26-15-23-21-19(22(26)29)12-24-27(21)18-10-4-3-5-11-18/h3-12,15H,13-14H2,1-2H3. The van der Waals surface area contributed by atoms with E-state index in [4.69, 9.17) is 0 Å². The lowest BCUT2D eigenvalue weighted by molar-refractivity contribution is -0.131. The number of para-hydroxylation sites is 1. The quantitative estimate of drug-likeness (QED) is 0.528. The molecule has 0 saturated carbocycles. The van der Waals surface area contributed by atoms with Crippen LogP contribution in [0.2, 0.25) is 0 Å². The molecule has 1 amide bonds. The maximum atomic E-state index is 12.8. The highest BCUT2D eigenvalue weighted by Gasteiger charge is 2.15. The van der Waals surface area contributed by atoms with Crippen molar-refractivity contribution >= 4 is 16.9 Å². The Morgan fingerprint density at radius 3 is 2.55 bits per heavy atom. The third kappa shape index (κ3) is 3.67. The third-order valence-electron chi connectivity index (χ3n) is 4.96. The van der Waals surface area contributed by atoms with Gasteiger partial charge in [-0.2, -0.15) is 5.10 Å². The van der Waals surface area contributed by atoms with Crippen molar-refractivity contribution < 1.29 is 4.79 Å². The first kappa shape index (κ1) is 18.6. The number of benzene rings is 2. The average Bonchev–Trinajstić information content (AvgIpc) is 3.17. The van der Waals surface area contributed by atoms with Crippen molar-refractivity contribution in [2.45, 2.75) is 20.0 Å². The van der Waals surface area contributed by atoms with Gasteiger partial charge in [-0.15, -0.1) is 0 Å². The molecule has 0 aliphatic carbocycles. The van der Waals surface area contributed by atoms with Crippen molar-refractivity contribution in [3.63, 3.8) is 0 Å². The van der Waals surface area contributed by atoms with Gasteiger partial charge in [-0.1, -0.05) is 42.5 Å². The second kappa shape index (κ2) is 7.71. The molecule has 146 valence electrons. The van der Waals surface area contributed by atoms with Gasteiger partial charge in [0.05, 0.1) is 11.9 Å². The maximum absolute atomic E-state index is 12.8. The number of amides is 1. The minimum Gasteiger partial charge on any atom is -0.340 e. The summed E-state index contributed by atoms with van der Waals surface area (Å²) in [6.45, 7) is 2.43. The van der Waals surface area contributed by atoms with Gasteiger partial charge in [-0.25, -0.2) is 9.67 Å². The highest BCUT2D eigenvalue weighted by molar-refractivity contribution is 5.77. The summed E-state index contributed by atoms with van der Waals surface area (Å²) in [5.74, 6) is -0.160. The summed E-state index contributed by atoms with van der Waals surface area (Å²) in [4.78, 5) is 31.5. The Balaban J connectivity index is 1.57. The lowest BCUT2D eigenvalue weighted by Crippen LogP contribution is -2.33. The van der Waals surface area contributed by atoms with Gasteiger partial charge in [-0.3, -0.25) is 14.2 Å². The third-order valence-corrected chi connectivity index (χ3v) is 4.96. The molecule has 0 spiro atoms. The van der Waals surface area contributed by atoms with Gasteiger partial charge in [0, 0.05) is 13.6 Å². The number of nitrogens with zero attached hydrogens (tertiary/aromatic N) is 5. The molecular formula is C22H21N5O2. The molecule has 2 aromatic heterocycles. The largest absolute Gasteiger partial charge is 0.340 e. The van der Waals surface area contributed by atoms with E-state index in [1.165, 1.54) is 17.1 Å². The summed E-state index contributed by atoms with van der Waals surface area (Å²) in [6.07, 6.45) is 2.90. The number of hydrogen-bond donors (Lipinski definition) is 0. The molecule has 0 aliphatic heterocycles. The van der Waals surface area contributed by atoms with Crippen LogP contribution < -0.4 is 5.56 Å². The zero-order chi connectivity index (χ0) is 20.4. The van der Waals surface area contributed by atoms with E-state index in [2.05, 4.69) is 10.1 Å². The van der Waals surface area contributed by atoms with Gasteiger partial charge in [0.1, 0.15) is 18.3 Å². The minimum atomic E-state index is -0.283. The second-order valence-corrected chi connectivity index (χ2v) is 6.98. The van der Waals surface area contributed by atoms with Crippen molar-refractivity contribution in [3.05, 3.63) is 88.6 Å². The first-order valence-corrected chi connectivity index (χ1v) is 9.31. The summed E-state index contributed by atoms with van der Waals surface area (Å²) in [7, 11) is 1.74. The summed E-state index contributed by atoms with van der Waals surface area (Å²) < 4.78 is 2.95. The highest BCUT2D eigenvalue weighted by atomic mass is 16.2. The lowest BCUT2D eigenvalue weighted by atomic mass is 10.1. The Kier molecular flexibility index (Phi) is 4.95. The van der Waals surface area contributed by atoms with Gasteiger partial charge in [-0.05, 0) is 30.2 Å². The number of aromatic nitrogens is 4. The van der Waals surface area contributed by atoms with Crippen molar-refractivity contribution in [3.8, 4) is 5.69 Å². The van der Waals surface area contributed by atoms with Gasteiger partial charge in [0.25, 0.3) is 5.56 Å². The van der Waals surface area contributed by atoms with E-state index in [0.717, 1.165) is 16.8 Å². The molecule has 7 nitrogen and oxygen atoms in total. The van der Waals surface area contributed by atoms with Crippen molar-refractivity contribution in [2.75, 3.05) is 7.05 Å². The first-order chi connectivity index (χ1) is 14.0. The summed E-state index contributed by atoms with van der Waals surface area (Å²) >= 11 is 0. The maximum Gasteiger partial charge on any atom is 0.264 e. The van der Waals surface area contributed by atoms with Crippen LogP contribution in [-0.4, -0.2) is 37.2 Å². The molecule has 7 heteroatoms. The van der Waals surface area contributed by atoms with Gasteiger partial charge < -0.3 is 4.90 Å². The van der Waals surface area contributed by atoms with Gasteiger partial charge in [0.15, 0.2) is 5.65 Å². The molecular weight excluding hydrogens is 366 g/mol. The monoisotopic (exact) mass is 387 g/mol. The Labute approximate surface area is 167 Å². The van der Waals surface area contributed by atoms with E-state index in [1.807, 2.05) is 61.5 Å². The fourth-order valence-electron chi connectivity index (χ4n) is 3.22. The Morgan fingerprint density at radius 2 is 1.79 bits per heavy atom. The Hall–Kier alpha value is -3.74. The van der Waals surface area contributed by atoms with E-state index in [1.54, 1.807) is 16.6 Å².